The van der Waals surface area contributed by atoms with E-state index in [2.05, 4.69) is 18.7 Å². The molecule has 3 nitrogen and oxygen atoms in total. The molecule has 1 amide bonds. The van der Waals surface area contributed by atoms with Gasteiger partial charge in [0, 0.05) is 16.2 Å². The van der Waals surface area contributed by atoms with Crippen molar-refractivity contribution in [2.75, 3.05) is 13.1 Å². The Labute approximate surface area is 139 Å². The number of carbonyl (C=O) groups is 1. The molecule has 23 heavy (non-hydrogen) atoms. The number of fused-ring (bicyclic) bond motifs is 4. The number of hydrogen-bond acceptors (Lipinski definition) is 3. The number of piperidine rings is 3. The summed E-state index contributed by atoms with van der Waals surface area (Å²) in [4.78, 5) is 15.2. The fraction of sp³-hybridized carbons (Fsp3) is 0.500. The molecule has 5 rings (SSSR count). The number of nitrogens with zero attached hydrogens (tertiary/aromatic N) is 1. The van der Waals surface area contributed by atoms with Crippen LogP contribution in [0, 0.1) is 11.7 Å². The standard InChI is InChI=1S/C18H21FN2OS/c1-18(2)15(10-5-7-21(18)8-6-10)14-12-9-11(19)3-4-13(12)23-16(14)17(20)22/h3-4,9-10,15H,5-8H2,1-2H3,(H2,20,22). The molecule has 1 unspecified atom stereocenters. The van der Waals surface area contributed by atoms with Crippen LogP contribution in [0.1, 0.15) is 47.8 Å². The van der Waals surface area contributed by atoms with E-state index in [0.29, 0.717) is 10.8 Å². The molecule has 3 aliphatic heterocycles. The molecule has 1 atom stereocenters. The van der Waals surface area contributed by atoms with Crippen molar-refractivity contribution >= 4 is 27.3 Å². The van der Waals surface area contributed by atoms with Crippen molar-refractivity contribution in [3.05, 3.63) is 34.5 Å². The molecule has 0 radical (unpaired) electrons. The van der Waals surface area contributed by atoms with Crippen LogP contribution < -0.4 is 5.73 Å². The second-order valence-electron chi connectivity index (χ2n) is 7.31. The minimum absolute atomic E-state index is 0.0360. The first-order valence-corrected chi connectivity index (χ1v) is 8.98. The third-order valence-electron chi connectivity index (χ3n) is 5.81. The second-order valence-corrected chi connectivity index (χ2v) is 8.36. The van der Waals surface area contributed by atoms with Gasteiger partial charge in [-0.25, -0.2) is 4.39 Å². The van der Waals surface area contributed by atoms with Crippen LogP contribution in [0.2, 0.25) is 0 Å². The molecule has 2 aromatic rings. The second kappa shape index (κ2) is 5.02. The lowest BCUT2D eigenvalue weighted by Crippen LogP contribution is -2.60. The highest BCUT2D eigenvalue weighted by molar-refractivity contribution is 7.21. The average molecular weight is 332 g/mol. The smallest absolute Gasteiger partial charge is 0.259 e. The quantitative estimate of drug-likeness (QED) is 0.911. The van der Waals surface area contributed by atoms with Crippen LogP contribution in [0.15, 0.2) is 18.2 Å². The Bertz CT molecular complexity index is 790. The summed E-state index contributed by atoms with van der Waals surface area (Å²) in [6.07, 6.45) is 2.28. The molecule has 122 valence electrons. The highest BCUT2D eigenvalue weighted by Gasteiger charge is 2.49. The third-order valence-corrected chi connectivity index (χ3v) is 7.01. The van der Waals surface area contributed by atoms with Crippen LogP contribution in [-0.4, -0.2) is 29.4 Å². The zero-order chi connectivity index (χ0) is 16.4. The van der Waals surface area contributed by atoms with Gasteiger partial charge in [0.2, 0.25) is 0 Å². The molecule has 5 heteroatoms. The van der Waals surface area contributed by atoms with E-state index >= 15 is 0 Å². The van der Waals surface area contributed by atoms with Crippen molar-refractivity contribution in [2.45, 2.75) is 38.1 Å². The molecule has 1 aromatic heterocycles. The first-order chi connectivity index (χ1) is 10.9. The molecule has 2 N–H and O–H groups in total. The maximum Gasteiger partial charge on any atom is 0.259 e. The van der Waals surface area contributed by atoms with E-state index in [1.165, 1.54) is 17.4 Å². The predicted octanol–water partition coefficient (Wildman–Crippen LogP) is 3.73. The van der Waals surface area contributed by atoms with Crippen LogP contribution in [0.5, 0.6) is 0 Å². The van der Waals surface area contributed by atoms with E-state index in [0.717, 1.165) is 41.6 Å². The number of thiophene rings is 1. The van der Waals surface area contributed by atoms with Crippen LogP contribution in [0.3, 0.4) is 0 Å². The summed E-state index contributed by atoms with van der Waals surface area (Å²) in [6, 6.07) is 4.79. The van der Waals surface area contributed by atoms with Crippen LogP contribution >= 0.6 is 11.3 Å². The number of amides is 1. The molecular formula is C18H21FN2OS. The molecule has 0 aliphatic carbocycles. The van der Waals surface area contributed by atoms with Crippen LogP contribution in [0.25, 0.3) is 10.1 Å². The Hall–Kier alpha value is -1.46. The Morgan fingerprint density at radius 3 is 2.65 bits per heavy atom. The van der Waals surface area contributed by atoms with Gasteiger partial charge in [-0.1, -0.05) is 0 Å². The van der Waals surface area contributed by atoms with E-state index in [9.17, 15) is 9.18 Å². The summed E-state index contributed by atoms with van der Waals surface area (Å²) in [6.45, 7) is 6.71. The maximum absolute atomic E-state index is 13.9. The topological polar surface area (TPSA) is 46.3 Å². The van der Waals surface area contributed by atoms with E-state index in [1.54, 1.807) is 12.1 Å². The normalized spacial score (nSPS) is 29.1. The minimum atomic E-state index is -0.395. The monoisotopic (exact) mass is 332 g/mol. The van der Waals surface area contributed by atoms with E-state index < -0.39 is 5.91 Å². The zero-order valence-electron chi connectivity index (χ0n) is 13.4. The molecule has 3 saturated heterocycles. The van der Waals surface area contributed by atoms with Gasteiger partial charge in [-0.3, -0.25) is 9.69 Å². The van der Waals surface area contributed by atoms with Gasteiger partial charge in [0.15, 0.2) is 0 Å². The molecular weight excluding hydrogens is 311 g/mol. The highest BCUT2D eigenvalue weighted by Crippen LogP contribution is 2.53. The van der Waals surface area contributed by atoms with Gasteiger partial charge in [-0.05, 0) is 74.8 Å². The van der Waals surface area contributed by atoms with E-state index in [-0.39, 0.29) is 17.3 Å². The lowest BCUT2D eigenvalue weighted by atomic mass is 9.64. The SMILES string of the molecule is CC1(C)C(c2c(C(N)=O)sc3ccc(F)cc23)C2CCN1CC2. The Balaban J connectivity index is 1.98. The molecule has 0 saturated carbocycles. The summed E-state index contributed by atoms with van der Waals surface area (Å²) >= 11 is 1.40. The Morgan fingerprint density at radius 1 is 1.35 bits per heavy atom. The van der Waals surface area contributed by atoms with Crippen molar-refractivity contribution in [3.8, 4) is 0 Å². The number of rotatable bonds is 2. The van der Waals surface area contributed by atoms with Crippen molar-refractivity contribution in [3.63, 3.8) is 0 Å². The summed E-state index contributed by atoms with van der Waals surface area (Å²) in [5.74, 6) is 0.109. The summed E-state index contributed by atoms with van der Waals surface area (Å²) in [5.41, 5.74) is 6.62. The van der Waals surface area contributed by atoms with Gasteiger partial charge in [-0.2, -0.15) is 0 Å². The van der Waals surface area contributed by atoms with Crippen LogP contribution in [0.4, 0.5) is 4.39 Å². The molecule has 0 spiro atoms. The molecule has 3 aliphatic rings. The van der Waals surface area contributed by atoms with Gasteiger partial charge >= 0.3 is 0 Å². The first-order valence-electron chi connectivity index (χ1n) is 8.16. The van der Waals surface area contributed by atoms with Gasteiger partial charge in [-0.15, -0.1) is 11.3 Å². The number of hydrogen-bond donors (Lipinski definition) is 1. The largest absolute Gasteiger partial charge is 0.365 e. The molecule has 2 bridgehead atoms. The van der Waals surface area contributed by atoms with Gasteiger partial charge in [0.25, 0.3) is 5.91 Å². The van der Waals surface area contributed by atoms with Gasteiger partial charge in [0.05, 0.1) is 4.88 Å². The number of nitrogens with two attached hydrogens (primary N) is 1. The molecule has 3 fully saturated rings. The fourth-order valence-corrected chi connectivity index (χ4v) is 5.83. The van der Waals surface area contributed by atoms with E-state index in [1.807, 2.05) is 0 Å². The van der Waals surface area contributed by atoms with Crippen molar-refractivity contribution < 1.29 is 9.18 Å². The van der Waals surface area contributed by atoms with E-state index in [4.69, 9.17) is 5.73 Å². The number of carbonyl (C=O) groups excluding carboxylic acids is 1. The lowest BCUT2D eigenvalue weighted by Gasteiger charge is -2.57. The number of primary amides is 1. The average Bonchev–Trinajstić information content (AvgIpc) is 2.86. The minimum Gasteiger partial charge on any atom is -0.365 e. The summed E-state index contributed by atoms with van der Waals surface area (Å²) < 4.78 is 14.8. The highest BCUT2D eigenvalue weighted by atomic mass is 32.1. The van der Waals surface area contributed by atoms with Crippen molar-refractivity contribution in [1.29, 1.82) is 0 Å². The van der Waals surface area contributed by atoms with Crippen LogP contribution in [-0.2, 0) is 0 Å². The molecule has 4 heterocycles. The predicted molar refractivity (Wildman–Crippen MR) is 91.4 cm³/mol. The maximum atomic E-state index is 13.9. The van der Waals surface area contributed by atoms with Crippen molar-refractivity contribution in [2.24, 2.45) is 11.7 Å². The van der Waals surface area contributed by atoms with Gasteiger partial charge in [0.1, 0.15) is 5.82 Å². The van der Waals surface area contributed by atoms with Gasteiger partial charge < -0.3 is 5.73 Å². The summed E-state index contributed by atoms with van der Waals surface area (Å²) in [5, 5.41) is 0.871. The first kappa shape index (κ1) is 15.1. The zero-order valence-corrected chi connectivity index (χ0v) is 14.3. The Morgan fingerprint density at radius 2 is 2.04 bits per heavy atom. The fourth-order valence-electron chi connectivity index (χ4n) is 4.75. The summed E-state index contributed by atoms with van der Waals surface area (Å²) in [7, 11) is 0. The lowest BCUT2D eigenvalue weighted by molar-refractivity contribution is -0.0293. The number of benzene rings is 1. The third kappa shape index (κ3) is 2.13. The van der Waals surface area contributed by atoms with Crippen molar-refractivity contribution in [1.82, 2.24) is 4.90 Å². The number of halogens is 1. The molecule has 1 aromatic carbocycles. The Kier molecular flexibility index (Phi) is 3.29.